The molecule has 0 bridgehead atoms. The zero-order chi connectivity index (χ0) is 12.8. The van der Waals surface area contributed by atoms with Crippen LogP contribution in [-0.4, -0.2) is 22.4 Å². The van der Waals surface area contributed by atoms with Gasteiger partial charge in [-0.1, -0.05) is 60.7 Å². The molecular weight excluding hydrogens is 224 g/mol. The van der Waals surface area contributed by atoms with Crippen molar-refractivity contribution < 1.29 is 10.2 Å². The third-order valence-electron chi connectivity index (χ3n) is 3.02. The first-order chi connectivity index (χ1) is 8.75. The van der Waals surface area contributed by atoms with Crippen LogP contribution >= 0.6 is 0 Å². The molecule has 2 aromatic carbocycles. The normalized spacial score (nSPS) is 14.1. The number of rotatable bonds is 5. The van der Waals surface area contributed by atoms with E-state index in [-0.39, 0.29) is 0 Å². The highest BCUT2D eigenvalue weighted by molar-refractivity contribution is 5.18. The topological polar surface area (TPSA) is 40.5 Å². The summed E-state index contributed by atoms with van der Waals surface area (Å²) in [5, 5.41) is 20.0. The Morgan fingerprint density at radius 3 is 1.28 bits per heavy atom. The average molecular weight is 242 g/mol. The molecule has 2 rings (SSSR count). The molecule has 2 atom stereocenters. The molecule has 0 spiro atoms. The van der Waals surface area contributed by atoms with Crippen molar-refractivity contribution in [2.24, 2.45) is 0 Å². The van der Waals surface area contributed by atoms with Gasteiger partial charge in [0.15, 0.2) is 0 Å². The number of aliphatic hydroxyl groups excluding tert-OH is 2. The van der Waals surface area contributed by atoms with E-state index in [0.29, 0.717) is 12.8 Å². The SMILES string of the molecule is O[C@@H](Cc1ccccc1)[C@@H](O)Cc1ccccc1. The zero-order valence-corrected chi connectivity index (χ0v) is 10.2. The highest BCUT2D eigenvalue weighted by Gasteiger charge is 2.16. The summed E-state index contributed by atoms with van der Waals surface area (Å²) in [6, 6.07) is 19.5. The molecule has 0 amide bonds. The Morgan fingerprint density at radius 2 is 0.944 bits per heavy atom. The fourth-order valence-electron chi connectivity index (χ4n) is 1.98. The van der Waals surface area contributed by atoms with Crippen molar-refractivity contribution >= 4 is 0 Å². The van der Waals surface area contributed by atoms with E-state index in [1.165, 1.54) is 0 Å². The number of hydrogen-bond acceptors (Lipinski definition) is 2. The summed E-state index contributed by atoms with van der Waals surface area (Å²) >= 11 is 0. The van der Waals surface area contributed by atoms with Gasteiger partial charge in [0, 0.05) is 12.8 Å². The fraction of sp³-hybridized carbons (Fsp3) is 0.250. The van der Waals surface area contributed by atoms with E-state index in [1.807, 2.05) is 60.7 Å². The second kappa shape index (κ2) is 6.34. The molecule has 0 aliphatic carbocycles. The zero-order valence-electron chi connectivity index (χ0n) is 10.2. The molecule has 94 valence electrons. The van der Waals surface area contributed by atoms with E-state index in [2.05, 4.69) is 0 Å². The maximum atomic E-state index is 9.98. The van der Waals surface area contributed by atoms with Crippen LogP contribution in [0.4, 0.5) is 0 Å². The van der Waals surface area contributed by atoms with E-state index in [9.17, 15) is 10.2 Å². The fourth-order valence-corrected chi connectivity index (χ4v) is 1.98. The Morgan fingerprint density at radius 1 is 0.611 bits per heavy atom. The summed E-state index contributed by atoms with van der Waals surface area (Å²) in [7, 11) is 0. The van der Waals surface area contributed by atoms with Gasteiger partial charge >= 0.3 is 0 Å². The third-order valence-corrected chi connectivity index (χ3v) is 3.02. The second-order valence-corrected chi connectivity index (χ2v) is 4.51. The van der Waals surface area contributed by atoms with Crippen molar-refractivity contribution in [3.63, 3.8) is 0 Å². The lowest BCUT2D eigenvalue weighted by Gasteiger charge is -2.18. The van der Waals surface area contributed by atoms with Crippen molar-refractivity contribution in [2.75, 3.05) is 0 Å². The van der Waals surface area contributed by atoms with Gasteiger partial charge in [-0.3, -0.25) is 0 Å². The summed E-state index contributed by atoms with van der Waals surface area (Å²) < 4.78 is 0. The highest BCUT2D eigenvalue weighted by Crippen LogP contribution is 2.10. The van der Waals surface area contributed by atoms with Crippen LogP contribution < -0.4 is 0 Å². The van der Waals surface area contributed by atoms with Gasteiger partial charge in [0.25, 0.3) is 0 Å². The van der Waals surface area contributed by atoms with Crippen molar-refractivity contribution in [1.82, 2.24) is 0 Å². The van der Waals surface area contributed by atoms with Crippen LogP contribution in [0.1, 0.15) is 11.1 Å². The summed E-state index contributed by atoms with van der Waals surface area (Å²) in [6.45, 7) is 0. The lowest BCUT2D eigenvalue weighted by atomic mass is 9.99. The largest absolute Gasteiger partial charge is 0.390 e. The first kappa shape index (κ1) is 12.8. The molecular formula is C16H18O2. The summed E-state index contributed by atoms with van der Waals surface area (Å²) in [5.41, 5.74) is 2.08. The Hall–Kier alpha value is -1.64. The summed E-state index contributed by atoms with van der Waals surface area (Å²) in [5.74, 6) is 0. The van der Waals surface area contributed by atoms with Gasteiger partial charge in [0.1, 0.15) is 0 Å². The average Bonchev–Trinajstić information content (AvgIpc) is 2.41. The maximum Gasteiger partial charge on any atom is 0.0842 e. The van der Waals surface area contributed by atoms with E-state index >= 15 is 0 Å². The van der Waals surface area contributed by atoms with Crippen molar-refractivity contribution in [1.29, 1.82) is 0 Å². The molecule has 0 radical (unpaired) electrons. The number of hydrogen-bond donors (Lipinski definition) is 2. The predicted molar refractivity (Wildman–Crippen MR) is 72.3 cm³/mol. The van der Waals surface area contributed by atoms with Crippen LogP contribution in [0.5, 0.6) is 0 Å². The lowest BCUT2D eigenvalue weighted by molar-refractivity contribution is 0.0206. The molecule has 0 saturated carbocycles. The minimum atomic E-state index is -0.729. The molecule has 0 aromatic heterocycles. The first-order valence-corrected chi connectivity index (χ1v) is 6.19. The van der Waals surface area contributed by atoms with E-state index in [1.54, 1.807) is 0 Å². The van der Waals surface area contributed by atoms with Crippen molar-refractivity contribution in [3.05, 3.63) is 71.8 Å². The molecule has 0 unspecified atom stereocenters. The molecule has 2 aromatic rings. The molecule has 0 aliphatic heterocycles. The van der Waals surface area contributed by atoms with Crippen molar-refractivity contribution in [2.45, 2.75) is 25.0 Å². The van der Waals surface area contributed by atoms with Gasteiger partial charge in [-0.15, -0.1) is 0 Å². The van der Waals surface area contributed by atoms with Crippen molar-refractivity contribution in [3.8, 4) is 0 Å². The Labute approximate surface area is 108 Å². The molecule has 0 aliphatic rings. The Bertz CT molecular complexity index is 408. The molecule has 2 nitrogen and oxygen atoms in total. The predicted octanol–water partition coefficient (Wildman–Crippen LogP) is 2.19. The second-order valence-electron chi connectivity index (χ2n) is 4.51. The standard InChI is InChI=1S/C16H18O2/c17-15(11-13-7-3-1-4-8-13)16(18)12-14-9-5-2-6-10-14/h1-10,15-18H,11-12H2/t15-,16-/m0/s1. The quantitative estimate of drug-likeness (QED) is 0.843. The smallest absolute Gasteiger partial charge is 0.0842 e. The lowest BCUT2D eigenvalue weighted by Crippen LogP contribution is -2.29. The van der Waals surface area contributed by atoms with Gasteiger partial charge in [0.2, 0.25) is 0 Å². The van der Waals surface area contributed by atoms with Gasteiger partial charge in [-0.25, -0.2) is 0 Å². The molecule has 2 N–H and O–H groups in total. The van der Waals surface area contributed by atoms with Crippen LogP contribution in [-0.2, 0) is 12.8 Å². The summed E-state index contributed by atoms with van der Waals surface area (Å²) in [4.78, 5) is 0. The minimum absolute atomic E-state index is 0.481. The van der Waals surface area contributed by atoms with Gasteiger partial charge in [0.05, 0.1) is 12.2 Å². The minimum Gasteiger partial charge on any atom is -0.390 e. The molecule has 0 saturated heterocycles. The maximum absolute atomic E-state index is 9.98. The number of aliphatic hydroxyl groups is 2. The summed E-state index contributed by atoms with van der Waals surface area (Å²) in [6.07, 6.45) is -0.496. The van der Waals surface area contributed by atoms with Gasteiger partial charge < -0.3 is 10.2 Å². The van der Waals surface area contributed by atoms with Gasteiger partial charge in [-0.05, 0) is 11.1 Å². The number of benzene rings is 2. The van der Waals surface area contributed by atoms with Crippen LogP contribution in [0.2, 0.25) is 0 Å². The first-order valence-electron chi connectivity index (χ1n) is 6.19. The Kier molecular flexibility index (Phi) is 4.51. The molecule has 0 heterocycles. The van der Waals surface area contributed by atoms with Crippen LogP contribution in [0, 0.1) is 0 Å². The monoisotopic (exact) mass is 242 g/mol. The van der Waals surface area contributed by atoms with Crippen LogP contribution in [0.25, 0.3) is 0 Å². The highest BCUT2D eigenvalue weighted by atomic mass is 16.3. The van der Waals surface area contributed by atoms with E-state index in [4.69, 9.17) is 0 Å². The molecule has 0 fully saturated rings. The Balaban J connectivity index is 1.91. The van der Waals surface area contributed by atoms with Crippen LogP contribution in [0.3, 0.4) is 0 Å². The molecule has 2 heteroatoms. The van der Waals surface area contributed by atoms with Gasteiger partial charge in [-0.2, -0.15) is 0 Å². The molecule has 18 heavy (non-hydrogen) atoms. The van der Waals surface area contributed by atoms with E-state index < -0.39 is 12.2 Å². The van der Waals surface area contributed by atoms with E-state index in [0.717, 1.165) is 11.1 Å². The third kappa shape index (κ3) is 3.69. The van der Waals surface area contributed by atoms with Crippen LogP contribution in [0.15, 0.2) is 60.7 Å².